The number of oxazole rings is 1. The van der Waals surface area contributed by atoms with E-state index < -0.39 is 0 Å². The van der Waals surface area contributed by atoms with Crippen LogP contribution in [-0.2, 0) is 12.8 Å². The highest BCUT2D eigenvalue weighted by Crippen LogP contribution is 2.22. The molecule has 2 atom stereocenters. The molecule has 108 valence electrons. The second-order valence-electron chi connectivity index (χ2n) is 6.10. The van der Waals surface area contributed by atoms with E-state index in [0.29, 0.717) is 12.1 Å². The fourth-order valence-corrected chi connectivity index (χ4v) is 2.99. The van der Waals surface area contributed by atoms with Crippen molar-refractivity contribution in [2.45, 2.75) is 71.0 Å². The number of nitrogens with two attached hydrogens (primary N) is 1. The molecule has 1 aromatic heterocycles. The Morgan fingerprint density at radius 1 is 1.42 bits per heavy atom. The van der Waals surface area contributed by atoms with Gasteiger partial charge in [0.2, 0.25) is 0 Å². The highest BCUT2D eigenvalue weighted by Gasteiger charge is 2.26. The smallest absolute Gasteiger partial charge is 0.195 e. The molecule has 19 heavy (non-hydrogen) atoms. The molecule has 1 saturated heterocycles. The van der Waals surface area contributed by atoms with E-state index in [1.54, 1.807) is 6.26 Å². The third-order valence-electron chi connectivity index (χ3n) is 3.88. The van der Waals surface area contributed by atoms with Crippen LogP contribution in [0.4, 0.5) is 0 Å². The molecule has 2 rings (SSSR count). The highest BCUT2D eigenvalue weighted by molar-refractivity contribution is 5.00. The zero-order valence-electron chi connectivity index (χ0n) is 12.4. The second kappa shape index (κ2) is 6.53. The first kappa shape index (κ1) is 14.5. The Morgan fingerprint density at radius 3 is 2.89 bits per heavy atom. The maximum absolute atomic E-state index is 5.79. The van der Waals surface area contributed by atoms with E-state index in [2.05, 4.69) is 23.7 Å². The van der Waals surface area contributed by atoms with E-state index in [-0.39, 0.29) is 6.04 Å². The third-order valence-corrected chi connectivity index (χ3v) is 3.88. The molecular formula is C15H27N3O. The van der Waals surface area contributed by atoms with Gasteiger partial charge in [0.15, 0.2) is 5.89 Å². The molecule has 1 aromatic rings. The van der Waals surface area contributed by atoms with Gasteiger partial charge in [-0.15, -0.1) is 0 Å². The molecule has 1 aliphatic rings. The molecule has 4 heteroatoms. The van der Waals surface area contributed by atoms with Crippen LogP contribution in [0.5, 0.6) is 0 Å². The van der Waals surface area contributed by atoms with Crippen LogP contribution in [-0.4, -0.2) is 34.6 Å². The zero-order chi connectivity index (χ0) is 13.8. The number of nitrogens with zero attached hydrogens (tertiary/aromatic N) is 2. The number of hydrogen-bond acceptors (Lipinski definition) is 4. The number of likely N-dealkylation sites (tertiary alicyclic amines) is 1. The quantitative estimate of drug-likeness (QED) is 0.888. The Balaban J connectivity index is 1.96. The Hall–Kier alpha value is -0.870. The van der Waals surface area contributed by atoms with E-state index in [1.807, 2.05) is 6.92 Å². The Bertz CT molecular complexity index is 386. The summed E-state index contributed by atoms with van der Waals surface area (Å²) in [7, 11) is 0. The molecule has 0 aromatic carbocycles. The fourth-order valence-electron chi connectivity index (χ4n) is 2.99. The van der Waals surface area contributed by atoms with E-state index in [0.717, 1.165) is 24.4 Å². The van der Waals surface area contributed by atoms with Crippen LogP contribution in [0.25, 0.3) is 0 Å². The number of hydrogen-bond donors (Lipinski definition) is 1. The lowest BCUT2D eigenvalue weighted by atomic mass is 9.98. The van der Waals surface area contributed by atoms with E-state index in [4.69, 9.17) is 10.2 Å². The molecule has 2 heterocycles. The summed E-state index contributed by atoms with van der Waals surface area (Å²) in [5.74, 6) is 0.869. The highest BCUT2D eigenvalue weighted by atomic mass is 16.3. The first-order valence-electron chi connectivity index (χ1n) is 7.51. The fraction of sp³-hybridized carbons (Fsp3) is 0.800. The first-order valence-corrected chi connectivity index (χ1v) is 7.51. The molecule has 1 aliphatic heterocycles. The van der Waals surface area contributed by atoms with Crippen LogP contribution >= 0.6 is 0 Å². The summed E-state index contributed by atoms with van der Waals surface area (Å²) in [6.07, 6.45) is 7.38. The summed E-state index contributed by atoms with van der Waals surface area (Å²) in [6, 6.07) is 1.32. The lowest BCUT2D eigenvalue weighted by Gasteiger charge is -2.38. The maximum Gasteiger partial charge on any atom is 0.195 e. The monoisotopic (exact) mass is 265 g/mol. The van der Waals surface area contributed by atoms with Gasteiger partial charge in [-0.1, -0.05) is 6.42 Å². The van der Waals surface area contributed by atoms with Gasteiger partial charge in [-0.05, 0) is 40.2 Å². The topological polar surface area (TPSA) is 55.3 Å². The maximum atomic E-state index is 5.79. The SMILES string of the molecule is CC(N)Cc1coc(CC2CCCCN2C(C)C)n1. The van der Waals surface area contributed by atoms with Gasteiger partial charge in [0.25, 0.3) is 0 Å². The number of aromatic nitrogens is 1. The van der Waals surface area contributed by atoms with E-state index in [9.17, 15) is 0 Å². The molecule has 1 fully saturated rings. The van der Waals surface area contributed by atoms with Gasteiger partial charge in [-0.2, -0.15) is 0 Å². The van der Waals surface area contributed by atoms with Crippen molar-refractivity contribution >= 4 is 0 Å². The molecular weight excluding hydrogens is 238 g/mol. The minimum absolute atomic E-state index is 0.139. The van der Waals surface area contributed by atoms with Gasteiger partial charge in [0, 0.05) is 31.0 Å². The second-order valence-corrected chi connectivity index (χ2v) is 6.10. The minimum Gasteiger partial charge on any atom is -0.449 e. The van der Waals surface area contributed by atoms with Gasteiger partial charge in [-0.25, -0.2) is 4.98 Å². The molecule has 2 unspecified atom stereocenters. The van der Waals surface area contributed by atoms with Crippen LogP contribution in [0.1, 0.15) is 51.6 Å². The minimum atomic E-state index is 0.139. The normalized spacial score (nSPS) is 22.9. The number of piperidine rings is 1. The van der Waals surface area contributed by atoms with Crippen molar-refractivity contribution in [3.05, 3.63) is 17.8 Å². The van der Waals surface area contributed by atoms with Gasteiger partial charge < -0.3 is 10.2 Å². The summed E-state index contributed by atoms with van der Waals surface area (Å²) in [6.45, 7) is 7.75. The van der Waals surface area contributed by atoms with Gasteiger partial charge in [-0.3, -0.25) is 4.90 Å². The van der Waals surface area contributed by atoms with Crippen LogP contribution in [0.3, 0.4) is 0 Å². The molecule has 0 amide bonds. The largest absolute Gasteiger partial charge is 0.449 e. The summed E-state index contributed by atoms with van der Waals surface area (Å²) in [5, 5.41) is 0. The lowest BCUT2D eigenvalue weighted by Crippen LogP contribution is -2.45. The van der Waals surface area contributed by atoms with Gasteiger partial charge >= 0.3 is 0 Å². The molecule has 4 nitrogen and oxygen atoms in total. The summed E-state index contributed by atoms with van der Waals surface area (Å²) in [5.41, 5.74) is 6.77. The van der Waals surface area contributed by atoms with Crippen molar-refractivity contribution in [1.82, 2.24) is 9.88 Å². The molecule has 0 radical (unpaired) electrons. The summed E-state index contributed by atoms with van der Waals surface area (Å²) < 4.78 is 5.60. The summed E-state index contributed by atoms with van der Waals surface area (Å²) >= 11 is 0. The van der Waals surface area contributed by atoms with Gasteiger partial charge in [0.05, 0.1) is 5.69 Å². The average molecular weight is 265 g/mol. The Kier molecular flexibility index (Phi) is 4.99. The Labute approximate surface area is 116 Å². The predicted molar refractivity (Wildman–Crippen MR) is 77.0 cm³/mol. The molecule has 0 bridgehead atoms. The predicted octanol–water partition coefficient (Wildman–Crippen LogP) is 2.37. The van der Waals surface area contributed by atoms with Crippen LogP contribution < -0.4 is 5.73 Å². The van der Waals surface area contributed by atoms with Crippen molar-refractivity contribution in [3.63, 3.8) is 0 Å². The molecule has 2 N–H and O–H groups in total. The lowest BCUT2D eigenvalue weighted by molar-refractivity contribution is 0.107. The van der Waals surface area contributed by atoms with Crippen LogP contribution in [0.2, 0.25) is 0 Å². The van der Waals surface area contributed by atoms with E-state index >= 15 is 0 Å². The zero-order valence-corrected chi connectivity index (χ0v) is 12.4. The van der Waals surface area contributed by atoms with Gasteiger partial charge in [0.1, 0.15) is 6.26 Å². The van der Waals surface area contributed by atoms with Crippen molar-refractivity contribution < 1.29 is 4.42 Å². The molecule has 0 spiro atoms. The van der Waals surface area contributed by atoms with Crippen LogP contribution in [0, 0.1) is 0 Å². The summed E-state index contributed by atoms with van der Waals surface area (Å²) in [4.78, 5) is 7.15. The van der Waals surface area contributed by atoms with Crippen molar-refractivity contribution in [2.24, 2.45) is 5.73 Å². The number of rotatable bonds is 5. The van der Waals surface area contributed by atoms with Crippen LogP contribution in [0.15, 0.2) is 10.7 Å². The van der Waals surface area contributed by atoms with Crippen molar-refractivity contribution in [1.29, 1.82) is 0 Å². The van der Waals surface area contributed by atoms with E-state index in [1.165, 1.54) is 25.8 Å². The standard InChI is InChI=1S/C15H27N3O/c1-11(2)18-7-5-4-6-14(18)9-15-17-13(10-19-15)8-12(3)16/h10-12,14H,4-9,16H2,1-3H3. The average Bonchev–Trinajstić information content (AvgIpc) is 2.76. The third kappa shape index (κ3) is 4.05. The van der Waals surface area contributed by atoms with Crippen molar-refractivity contribution in [2.75, 3.05) is 6.54 Å². The molecule has 0 saturated carbocycles. The molecule has 0 aliphatic carbocycles. The van der Waals surface area contributed by atoms with Crippen molar-refractivity contribution in [3.8, 4) is 0 Å². The Morgan fingerprint density at radius 2 is 2.21 bits per heavy atom. The first-order chi connectivity index (χ1) is 9.06.